The first kappa shape index (κ1) is 30.2. The lowest BCUT2D eigenvalue weighted by Gasteiger charge is -2.28. The molecule has 5 N–H and O–H groups in total. The van der Waals surface area contributed by atoms with Crippen LogP contribution in [0, 0.1) is 17.8 Å². The summed E-state index contributed by atoms with van der Waals surface area (Å²) in [5.41, 5.74) is 5.35. The number of hydrogen-bond donors (Lipinski definition) is 4. The summed E-state index contributed by atoms with van der Waals surface area (Å²) in [5.74, 6) is -0.343. The third-order valence-corrected chi connectivity index (χ3v) is 5.96. The van der Waals surface area contributed by atoms with Crippen LogP contribution in [0.4, 0.5) is 4.79 Å². The monoisotopic (exact) mass is 484 g/mol. The van der Waals surface area contributed by atoms with E-state index in [4.69, 9.17) is 15.2 Å². The van der Waals surface area contributed by atoms with Crippen LogP contribution in [0.15, 0.2) is 0 Å². The number of amides is 3. The second-order valence-electron chi connectivity index (χ2n) is 10.8. The Kier molecular flexibility index (Phi) is 12.9. The molecule has 1 fully saturated rings. The fourth-order valence-electron chi connectivity index (χ4n) is 3.72. The van der Waals surface area contributed by atoms with Gasteiger partial charge in [0.25, 0.3) is 0 Å². The molecule has 198 valence electrons. The highest BCUT2D eigenvalue weighted by Crippen LogP contribution is 2.21. The van der Waals surface area contributed by atoms with E-state index >= 15 is 0 Å². The number of carbonyl (C=O) groups is 3. The molecule has 5 atom stereocenters. The number of rotatable bonds is 15. The number of hydrogen-bond acceptors (Lipinski definition) is 6. The molecular formula is C25H48N4O5. The van der Waals surface area contributed by atoms with Crippen LogP contribution in [0.2, 0.25) is 0 Å². The molecule has 0 saturated carbocycles. The van der Waals surface area contributed by atoms with E-state index < -0.39 is 17.7 Å². The van der Waals surface area contributed by atoms with Crippen LogP contribution in [0.3, 0.4) is 0 Å². The zero-order valence-electron chi connectivity index (χ0n) is 22.2. The summed E-state index contributed by atoms with van der Waals surface area (Å²) in [6, 6.07) is -0.660. The van der Waals surface area contributed by atoms with Crippen LogP contribution in [0.1, 0.15) is 80.6 Å². The highest BCUT2D eigenvalue weighted by molar-refractivity contribution is 5.89. The molecule has 34 heavy (non-hydrogen) atoms. The van der Waals surface area contributed by atoms with Gasteiger partial charge in [-0.2, -0.15) is 0 Å². The first-order valence-electron chi connectivity index (χ1n) is 12.8. The van der Waals surface area contributed by atoms with Crippen LogP contribution in [0.5, 0.6) is 0 Å². The molecule has 1 rings (SSSR count). The van der Waals surface area contributed by atoms with Crippen molar-refractivity contribution in [2.45, 2.75) is 104 Å². The van der Waals surface area contributed by atoms with E-state index in [0.29, 0.717) is 31.9 Å². The molecule has 0 aromatic carbocycles. The van der Waals surface area contributed by atoms with E-state index in [9.17, 15) is 14.4 Å². The number of nitrogens with two attached hydrogens (primary N) is 1. The number of ether oxygens (including phenoxy) is 2. The Balaban J connectivity index is 2.56. The Morgan fingerprint density at radius 2 is 1.74 bits per heavy atom. The van der Waals surface area contributed by atoms with E-state index in [2.05, 4.69) is 29.8 Å². The number of epoxide rings is 1. The minimum atomic E-state index is -0.617. The minimum absolute atomic E-state index is 0.0137. The maximum absolute atomic E-state index is 13.1. The van der Waals surface area contributed by atoms with Crippen molar-refractivity contribution >= 4 is 17.9 Å². The molecular weight excluding hydrogens is 436 g/mol. The summed E-state index contributed by atoms with van der Waals surface area (Å²) in [6.45, 7) is 15.0. The highest BCUT2D eigenvalue weighted by Gasteiger charge is 2.37. The van der Waals surface area contributed by atoms with Crippen molar-refractivity contribution < 1.29 is 23.9 Å². The van der Waals surface area contributed by atoms with Gasteiger partial charge in [-0.1, -0.05) is 40.5 Å². The Morgan fingerprint density at radius 3 is 2.24 bits per heavy atom. The first-order chi connectivity index (χ1) is 15.9. The Hall–Kier alpha value is -1.87. The van der Waals surface area contributed by atoms with Gasteiger partial charge in [-0.3, -0.25) is 9.59 Å². The van der Waals surface area contributed by atoms with Gasteiger partial charge in [0.1, 0.15) is 17.7 Å². The third kappa shape index (κ3) is 12.0. The molecule has 9 heteroatoms. The van der Waals surface area contributed by atoms with Gasteiger partial charge in [-0.25, -0.2) is 4.79 Å². The standard InChI is InChI=1S/C25H48N4O5/c1-8-17(4)21(23(31)28-19(13-16(2)3)20-15-33-20)29-22(30)18(14-26)11-9-10-12-27-24(32)34-25(5,6)7/h16-21H,8-15,26H2,1-7H3,(H,27,32)(H,28,31)(H,29,30)/t17?,18-,19+,20-,21+/m1/s1. The first-order valence-corrected chi connectivity index (χ1v) is 12.8. The van der Waals surface area contributed by atoms with Gasteiger partial charge in [0.05, 0.1) is 18.6 Å². The van der Waals surface area contributed by atoms with Gasteiger partial charge in [-0.15, -0.1) is 0 Å². The molecule has 3 amide bonds. The van der Waals surface area contributed by atoms with E-state index in [-0.39, 0.29) is 42.3 Å². The van der Waals surface area contributed by atoms with Crippen LogP contribution in [-0.2, 0) is 19.1 Å². The molecule has 0 aromatic rings. The predicted octanol–water partition coefficient (Wildman–Crippen LogP) is 2.72. The van der Waals surface area contributed by atoms with Crippen molar-refractivity contribution in [2.75, 3.05) is 19.7 Å². The zero-order chi connectivity index (χ0) is 25.9. The Labute approximate surface area is 205 Å². The summed E-state index contributed by atoms with van der Waals surface area (Å²) in [5, 5.41) is 8.79. The Morgan fingerprint density at radius 1 is 1.09 bits per heavy atom. The average molecular weight is 485 g/mol. The van der Waals surface area contributed by atoms with Crippen molar-refractivity contribution in [1.82, 2.24) is 16.0 Å². The smallest absolute Gasteiger partial charge is 0.407 e. The minimum Gasteiger partial charge on any atom is -0.444 e. The van der Waals surface area contributed by atoms with E-state index in [1.807, 2.05) is 34.6 Å². The van der Waals surface area contributed by atoms with Crippen LogP contribution < -0.4 is 21.7 Å². The molecule has 1 aliphatic rings. The SMILES string of the molecule is CCC(C)[C@H](NC(=O)[C@@H](CN)CCCCNC(=O)OC(C)(C)C)C(=O)N[C@@H](CC(C)C)[C@H]1CO1. The number of nitrogens with one attached hydrogen (secondary N) is 3. The van der Waals surface area contributed by atoms with Crippen molar-refractivity contribution in [3.63, 3.8) is 0 Å². The maximum atomic E-state index is 13.1. The Bertz CT molecular complexity index is 646. The van der Waals surface area contributed by atoms with E-state index in [1.165, 1.54) is 0 Å². The van der Waals surface area contributed by atoms with E-state index in [0.717, 1.165) is 19.3 Å². The lowest BCUT2D eigenvalue weighted by atomic mass is 9.94. The van der Waals surface area contributed by atoms with Gasteiger partial charge < -0.3 is 31.2 Å². The summed E-state index contributed by atoms with van der Waals surface area (Å²) < 4.78 is 10.6. The van der Waals surface area contributed by atoms with Gasteiger partial charge in [-0.05, 0) is 51.9 Å². The third-order valence-electron chi connectivity index (χ3n) is 5.96. The van der Waals surface area contributed by atoms with Crippen molar-refractivity contribution in [1.29, 1.82) is 0 Å². The van der Waals surface area contributed by atoms with E-state index in [1.54, 1.807) is 0 Å². The quantitative estimate of drug-likeness (QED) is 0.208. The fraction of sp³-hybridized carbons (Fsp3) is 0.880. The largest absolute Gasteiger partial charge is 0.444 e. The van der Waals surface area contributed by atoms with Crippen LogP contribution >= 0.6 is 0 Å². The lowest BCUT2D eigenvalue weighted by Crippen LogP contribution is -2.55. The maximum Gasteiger partial charge on any atom is 0.407 e. The molecule has 9 nitrogen and oxygen atoms in total. The van der Waals surface area contributed by atoms with Crippen molar-refractivity contribution in [2.24, 2.45) is 23.5 Å². The van der Waals surface area contributed by atoms with Gasteiger partial charge in [0.2, 0.25) is 11.8 Å². The molecule has 0 spiro atoms. The molecule has 0 aromatic heterocycles. The van der Waals surface area contributed by atoms with Crippen molar-refractivity contribution in [3.05, 3.63) is 0 Å². The summed E-state index contributed by atoms with van der Waals surface area (Å²) in [7, 11) is 0. The molecule has 0 radical (unpaired) electrons. The average Bonchev–Trinajstić information content (AvgIpc) is 3.57. The normalized spacial score (nSPS) is 19.0. The van der Waals surface area contributed by atoms with Gasteiger partial charge in [0.15, 0.2) is 0 Å². The fourth-order valence-corrected chi connectivity index (χ4v) is 3.72. The molecule has 0 bridgehead atoms. The number of unbranched alkanes of at least 4 members (excludes halogenated alkanes) is 1. The predicted molar refractivity (Wildman–Crippen MR) is 133 cm³/mol. The molecule has 1 unspecified atom stereocenters. The van der Waals surface area contributed by atoms with Crippen LogP contribution in [-0.4, -0.2) is 61.4 Å². The van der Waals surface area contributed by atoms with Gasteiger partial charge >= 0.3 is 6.09 Å². The summed E-state index contributed by atoms with van der Waals surface area (Å²) in [6.07, 6.45) is 3.22. The molecule has 1 heterocycles. The second kappa shape index (κ2) is 14.5. The molecule has 0 aliphatic carbocycles. The summed E-state index contributed by atoms with van der Waals surface area (Å²) >= 11 is 0. The number of alkyl carbamates (subject to hydrolysis) is 1. The number of carbonyl (C=O) groups excluding carboxylic acids is 3. The molecule has 1 saturated heterocycles. The summed E-state index contributed by atoms with van der Waals surface area (Å²) in [4.78, 5) is 37.8. The lowest BCUT2D eigenvalue weighted by molar-refractivity contribution is -0.132. The van der Waals surface area contributed by atoms with Crippen molar-refractivity contribution in [3.8, 4) is 0 Å². The topological polar surface area (TPSA) is 135 Å². The zero-order valence-corrected chi connectivity index (χ0v) is 22.2. The highest BCUT2D eigenvalue weighted by atomic mass is 16.6. The van der Waals surface area contributed by atoms with Gasteiger partial charge in [0, 0.05) is 13.1 Å². The van der Waals surface area contributed by atoms with Crippen LogP contribution in [0.25, 0.3) is 0 Å². The second-order valence-corrected chi connectivity index (χ2v) is 10.8. The molecule has 1 aliphatic heterocycles.